The van der Waals surface area contributed by atoms with E-state index in [1.54, 1.807) is 18.7 Å². The molecule has 0 bridgehead atoms. The van der Waals surface area contributed by atoms with Crippen molar-refractivity contribution in [2.75, 3.05) is 5.32 Å². The molecule has 0 spiro atoms. The molecule has 7 heteroatoms. The van der Waals surface area contributed by atoms with Crippen LogP contribution in [0.4, 0.5) is 10.1 Å². The van der Waals surface area contributed by atoms with Crippen LogP contribution in [0.15, 0.2) is 64.0 Å². The predicted molar refractivity (Wildman–Crippen MR) is 104 cm³/mol. The fourth-order valence-corrected chi connectivity index (χ4v) is 3.26. The molecule has 1 N–H and O–H groups in total. The number of amides is 1. The normalized spacial score (nSPS) is 11.1. The summed E-state index contributed by atoms with van der Waals surface area (Å²) in [6.07, 6.45) is 1.40. The second-order valence-corrected chi connectivity index (χ2v) is 6.56. The maximum Gasteiger partial charge on any atom is 0.295 e. The van der Waals surface area contributed by atoms with Crippen molar-refractivity contribution in [1.82, 2.24) is 9.36 Å². The van der Waals surface area contributed by atoms with E-state index in [4.69, 9.17) is 4.42 Å². The summed E-state index contributed by atoms with van der Waals surface area (Å²) in [5, 5.41) is 3.24. The van der Waals surface area contributed by atoms with Gasteiger partial charge in [0, 0.05) is 18.0 Å². The van der Waals surface area contributed by atoms with Gasteiger partial charge in [0.05, 0.1) is 24.1 Å². The van der Waals surface area contributed by atoms with Crippen LogP contribution in [-0.4, -0.2) is 15.3 Å². The Kier molecular flexibility index (Phi) is 4.35. The highest BCUT2D eigenvalue weighted by Gasteiger charge is 2.19. The molecule has 2 aromatic heterocycles. The SMILES string of the molecule is Cc1c(NC(=O)Cc2coc3ccc(F)cc23)c(=O)n(-c2ccccc2)n1C. The number of anilines is 1. The summed E-state index contributed by atoms with van der Waals surface area (Å²) in [4.78, 5) is 25.4. The molecule has 1 amide bonds. The third kappa shape index (κ3) is 3.00. The quantitative estimate of drug-likeness (QED) is 0.590. The van der Waals surface area contributed by atoms with Crippen LogP contribution < -0.4 is 10.9 Å². The van der Waals surface area contributed by atoms with Gasteiger partial charge in [-0.15, -0.1) is 0 Å². The third-order valence-corrected chi connectivity index (χ3v) is 4.79. The number of carbonyl (C=O) groups excluding carboxylic acids is 1. The van der Waals surface area contributed by atoms with E-state index in [2.05, 4.69) is 5.32 Å². The summed E-state index contributed by atoms with van der Waals surface area (Å²) >= 11 is 0. The molecule has 4 aromatic rings. The number of halogens is 1. The zero-order chi connectivity index (χ0) is 19.8. The Morgan fingerprint density at radius 1 is 1.18 bits per heavy atom. The van der Waals surface area contributed by atoms with Crippen molar-refractivity contribution in [3.05, 3.63) is 82.2 Å². The van der Waals surface area contributed by atoms with Crippen LogP contribution in [0, 0.1) is 12.7 Å². The number of fused-ring (bicyclic) bond motifs is 1. The van der Waals surface area contributed by atoms with Crippen LogP contribution in [0.25, 0.3) is 16.7 Å². The predicted octanol–water partition coefficient (Wildman–Crippen LogP) is 3.55. The summed E-state index contributed by atoms with van der Waals surface area (Å²) < 4.78 is 22.1. The van der Waals surface area contributed by atoms with E-state index >= 15 is 0 Å². The number of nitrogens with one attached hydrogen (secondary N) is 1. The van der Waals surface area contributed by atoms with E-state index in [-0.39, 0.29) is 23.6 Å². The molecule has 142 valence electrons. The Balaban J connectivity index is 1.63. The van der Waals surface area contributed by atoms with Gasteiger partial charge in [-0.1, -0.05) is 18.2 Å². The van der Waals surface area contributed by atoms with Crippen molar-refractivity contribution in [2.45, 2.75) is 13.3 Å². The minimum atomic E-state index is -0.403. The summed E-state index contributed by atoms with van der Waals surface area (Å²) in [6, 6.07) is 13.3. The van der Waals surface area contributed by atoms with E-state index in [9.17, 15) is 14.0 Å². The molecule has 0 atom stereocenters. The summed E-state index contributed by atoms with van der Waals surface area (Å²) in [5.41, 5.74) is 2.30. The third-order valence-electron chi connectivity index (χ3n) is 4.79. The highest BCUT2D eigenvalue weighted by molar-refractivity contribution is 5.95. The van der Waals surface area contributed by atoms with Gasteiger partial charge in [0.25, 0.3) is 5.56 Å². The van der Waals surface area contributed by atoms with Gasteiger partial charge in [-0.05, 0) is 37.3 Å². The van der Waals surface area contributed by atoms with Gasteiger partial charge in [-0.2, -0.15) is 0 Å². The van der Waals surface area contributed by atoms with E-state index < -0.39 is 5.82 Å². The second kappa shape index (κ2) is 6.84. The molecule has 6 nitrogen and oxygen atoms in total. The standard InChI is InChI=1S/C21H18FN3O3/c1-13-20(21(27)25(24(13)2)16-6-4-3-5-7-16)23-19(26)10-14-12-28-18-9-8-15(22)11-17(14)18/h3-9,11-12H,10H2,1-2H3,(H,23,26). The van der Waals surface area contributed by atoms with Crippen molar-refractivity contribution in [1.29, 1.82) is 0 Å². The Bertz CT molecular complexity index is 1240. The van der Waals surface area contributed by atoms with Crippen LogP contribution in [-0.2, 0) is 18.3 Å². The monoisotopic (exact) mass is 379 g/mol. The van der Waals surface area contributed by atoms with Crippen molar-refractivity contribution in [2.24, 2.45) is 7.05 Å². The number of hydrogen-bond donors (Lipinski definition) is 1. The maximum absolute atomic E-state index is 13.5. The highest BCUT2D eigenvalue weighted by atomic mass is 19.1. The molecule has 0 aliphatic heterocycles. The van der Waals surface area contributed by atoms with Crippen molar-refractivity contribution in [3.8, 4) is 5.69 Å². The fourth-order valence-electron chi connectivity index (χ4n) is 3.26. The van der Waals surface area contributed by atoms with E-state index in [0.29, 0.717) is 27.9 Å². The van der Waals surface area contributed by atoms with Crippen LogP contribution in [0.2, 0.25) is 0 Å². The van der Waals surface area contributed by atoms with Crippen molar-refractivity contribution < 1.29 is 13.6 Å². The maximum atomic E-state index is 13.5. The van der Waals surface area contributed by atoms with Gasteiger partial charge in [0.2, 0.25) is 5.91 Å². The molecular weight excluding hydrogens is 361 g/mol. The Hall–Kier alpha value is -3.61. The molecule has 2 aromatic carbocycles. The molecule has 0 saturated carbocycles. The zero-order valence-corrected chi connectivity index (χ0v) is 15.4. The Labute approximate surface area is 159 Å². The molecule has 0 aliphatic carbocycles. The van der Waals surface area contributed by atoms with E-state index in [1.807, 2.05) is 30.3 Å². The number of rotatable bonds is 4. The van der Waals surface area contributed by atoms with E-state index in [0.717, 1.165) is 0 Å². The van der Waals surface area contributed by atoms with Crippen LogP contribution >= 0.6 is 0 Å². The molecule has 0 radical (unpaired) electrons. The minimum Gasteiger partial charge on any atom is -0.464 e. The number of carbonyl (C=O) groups is 1. The van der Waals surface area contributed by atoms with Crippen LogP contribution in [0.5, 0.6) is 0 Å². The topological polar surface area (TPSA) is 69.2 Å². The molecule has 28 heavy (non-hydrogen) atoms. The zero-order valence-electron chi connectivity index (χ0n) is 15.4. The van der Waals surface area contributed by atoms with Gasteiger partial charge in [-0.25, -0.2) is 9.07 Å². The lowest BCUT2D eigenvalue weighted by molar-refractivity contribution is -0.115. The van der Waals surface area contributed by atoms with Gasteiger partial charge in [-0.3, -0.25) is 14.3 Å². The summed E-state index contributed by atoms with van der Waals surface area (Å²) in [6.45, 7) is 1.76. The summed E-state index contributed by atoms with van der Waals surface area (Å²) in [5.74, 6) is -0.779. The molecule has 0 saturated heterocycles. The second-order valence-electron chi connectivity index (χ2n) is 6.56. The van der Waals surface area contributed by atoms with Gasteiger partial charge in [0.1, 0.15) is 17.1 Å². The Morgan fingerprint density at radius 3 is 2.68 bits per heavy atom. The molecule has 0 fully saturated rings. The molecule has 0 aliphatic rings. The lowest BCUT2D eigenvalue weighted by Gasteiger charge is -2.07. The number of nitrogens with zero attached hydrogens (tertiary/aromatic N) is 2. The van der Waals surface area contributed by atoms with Gasteiger partial charge in [0.15, 0.2) is 0 Å². The highest BCUT2D eigenvalue weighted by Crippen LogP contribution is 2.23. The number of aromatic nitrogens is 2. The molecular formula is C21H18FN3O3. The van der Waals surface area contributed by atoms with Gasteiger partial charge >= 0.3 is 0 Å². The lowest BCUT2D eigenvalue weighted by atomic mass is 10.1. The number of furan rings is 1. The first-order valence-electron chi connectivity index (χ1n) is 8.75. The number of para-hydroxylation sites is 1. The molecule has 2 heterocycles. The number of hydrogen-bond acceptors (Lipinski definition) is 3. The first kappa shape index (κ1) is 17.8. The van der Waals surface area contributed by atoms with E-state index in [1.165, 1.54) is 29.1 Å². The van der Waals surface area contributed by atoms with Crippen molar-refractivity contribution >= 4 is 22.6 Å². The van der Waals surface area contributed by atoms with Crippen LogP contribution in [0.1, 0.15) is 11.3 Å². The van der Waals surface area contributed by atoms with Gasteiger partial charge < -0.3 is 9.73 Å². The first-order valence-corrected chi connectivity index (χ1v) is 8.75. The number of benzene rings is 2. The fraction of sp³-hybridized carbons (Fsp3) is 0.143. The Morgan fingerprint density at radius 2 is 1.93 bits per heavy atom. The summed E-state index contributed by atoms with van der Waals surface area (Å²) in [7, 11) is 1.76. The average Bonchev–Trinajstić information content (AvgIpc) is 3.16. The first-order chi connectivity index (χ1) is 13.5. The lowest BCUT2D eigenvalue weighted by Crippen LogP contribution is -2.23. The minimum absolute atomic E-state index is 0.0322. The van der Waals surface area contributed by atoms with Crippen molar-refractivity contribution in [3.63, 3.8) is 0 Å². The van der Waals surface area contributed by atoms with Crippen LogP contribution in [0.3, 0.4) is 0 Å². The largest absolute Gasteiger partial charge is 0.464 e. The average molecular weight is 379 g/mol. The molecule has 0 unspecified atom stereocenters. The molecule has 4 rings (SSSR count). The smallest absolute Gasteiger partial charge is 0.295 e.